The van der Waals surface area contributed by atoms with E-state index in [-0.39, 0.29) is 5.91 Å². The SMILES string of the molecule is CN(Cc1ccccc1)C(=O)c1cncc(NCc2ccco2)c1. The van der Waals surface area contributed by atoms with Crippen molar-refractivity contribution in [2.45, 2.75) is 13.1 Å². The van der Waals surface area contributed by atoms with Gasteiger partial charge in [0.15, 0.2) is 0 Å². The fourth-order valence-electron chi connectivity index (χ4n) is 2.41. The third kappa shape index (κ3) is 4.01. The quantitative estimate of drug-likeness (QED) is 0.754. The van der Waals surface area contributed by atoms with Gasteiger partial charge in [-0.05, 0) is 23.8 Å². The number of anilines is 1. The lowest BCUT2D eigenvalue weighted by atomic mass is 10.2. The van der Waals surface area contributed by atoms with Crippen molar-refractivity contribution < 1.29 is 9.21 Å². The van der Waals surface area contributed by atoms with E-state index in [2.05, 4.69) is 10.3 Å². The number of hydrogen-bond donors (Lipinski definition) is 1. The average molecular weight is 321 g/mol. The Hall–Kier alpha value is -3.08. The molecule has 0 spiro atoms. The summed E-state index contributed by atoms with van der Waals surface area (Å²) in [6.07, 6.45) is 4.91. The molecule has 2 aromatic heterocycles. The molecule has 2 heterocycles. The molecule has 1 N–H and O–H groups in total. The number of aromatic nitrogens is 1. The third-order valence-electron chi connectivity index (χ3n) is 3.64. The van der Waals surface area contributed by atoms with Crippen molar-refractivity contribution in [3.05, 3.63) is 84.1 Å². The summed E-state index contributed by atoms with van der Waals surface area (Å²) in [6.45, 7) is 1.11. The van der Waals surface area contributed by atoms with Gasteiger partial charge in [-0.1, -0.05) is 30.3 Å². The molecule has 122 valence electrons. The molecule has 1 aromatic carbocycles. The van der Waals surface area contributed by atoms with Crippen molar-refractivity contribution in [3.8, 4) is 0 Å². The fourth-order valence-corrected chi connectivity index (χ4v) is 2.41. The van der Waals surface area contributed by atoms with Crippen LogP contribution in [0.1, 0.15) is 21.7 Å². The molecule has 0 aliphatic carbocycles. The number of carbonyl (C=O) groups excluding carboxylic acids is 1. The molecular weight excluding hydrogens is 302 g/mol. The molecule has 3 aromatic rings. The topological polar surface area (TPSA) is 58.4 Å². The summed E-state index contributed by atoms with van der Waals surface area (Å²) in [4.78, 5) is 18.4. The average Bonchev–Trinajstić information content (AvgIpc) is 3.14. The summed E-state index contributed by atoms with van der Waals surface area (Å²) in [7, 11) is 1.79. The van der Waals surface area contributed by atoms with Crippen LogP contribution in [-0.4, -0.2) is 22.8 Å². The maximum atomic E-state index is 12.6. The summed E-state index contributed by atoms with van der Waals surface area (Å²) in [5, 5.41) is 3.20. The van der Waals surface area contributed by atoms with Gasteiger partial charge in [0, 0.05) is 26.0 Å². The van der Waals surface area contributed by atoms with Gasteiger partial charge in [0.05, 0.1) is 24.1 Å². The molecule has 0 unspecified atom stereocenters. The Balaban J connectivity index is 1.65. The number of benzene rings is 1. The number of amides is 1. The summed E-state index contributed by atoms with van der Waals surface area (Å²) in [6, 6.07) is 15.4. The van der Waals surface area contributed by atoms with Crippen LogP contribution in [0.3, 0.4) is 0 Å². The van der Waals surface area contributed by atoms with Crippen molar-refractivity contribution in [1.82, 2.24) is 9.88 Å². The minimum Gasteiger partial charge on any atom is -0.467 e. The smallest absolute Gasteiger partial charge is 0.255 e. The summed E-state index contributed by atoms with van der Waals surface area (Å²) < 4.78 is 5.28. The molecule has 3 rings (SSSR count). The van der Waals surface area contributed by atoms with Crippen LogP contribution >= 0.6 is 0 Å². The predicted octanol–water partition coefficient (Wildman–Crippen LogP) is 3.56. The maximum absolute atomic E-state index is 12.6. The first-order valence-electron chi connectivity index (χ1n) is 7.73. The van der Waals surface area contributed by atoms with Gasteiger partial charge in [-0.15, -0.1) is 0 Å². The van der Waals surface area contributed by atoms with E-state index < -0.39 is 0 Å². The van der Waals surface area contributed by atoms with Crippen LogP contribution in [0.5, 0.6) is 0 Å². The van der Waals surface area contributed by atoms with E-state index in [1.807, 2.05) is 42.5 Å². The van der Waals surface area contributed by atoms with Crippen molar-refractivity contribution in [1.29, 1.82) is 0 Å². The Kier molecular flexibility index (Phi) is 4.91. The monoisotopic (exact) mass is 321 g/mol. The highest BCUT2D eigenvalue weighted by molar-refractivity contribution is 5.94. The van der Waals surface area contributed by atoms with Gasteiger partial charge in [-0.25, -0.2) is 0 Å². The largest absolute Gasteiger partial charge is 0.467 e. The number of nitrogens with one attached hydrogen (secondary N) is 1. The van der Waals surface area contributed by atoms with E-state index in [1.165, 1.54) is 0 Å². The number of nitrogens with zero attached hydrogens (tertiary/aromatic N) is 2. The van der Waals surface area contributed by atoms with Crippen molar-refractivity contribution >= 4 is 11.6 Å². The Morgan fingerprint density at radius 1 is 1.17 bits per heavy atom. The van der Waals surface area contributed by atoms with Gasteiger partial charge in [0.25, 0.3) is 5.91 Å². The molecule has 24 heavy (non-hydrogen) atoms. The predicted molar refractivity (Wildman–Crippen MR) is 92.5 cm³/mol. The zero-order valence-electron chi connectivity index (χ0n) is 13.5. The highest BCUT2D eigenvalue weighted by Crippen LogP contribution is 2.13. The van der Waals surface area contributed by atoms with Crippen LogP contribution in [0.4, 0.5) is 5.69 Å². The van der Waals surface area contributed by atoms with Gasteiger partial charge in [-0.3, -0.25) is 9.78 Å². The number of pyridine rings is 1. The maximum Gasteiger partial charge on any atom is 0.255 e. The molecule has 5 heteroatoms. The van der Waals surface area contributed by atoms with E-state index in [0.29, 0.717) is 18.7 Å². The van der Waals surface area contributed by atoms with Crippen molar-refractivity contribution in [3.63, 3.8) is 0 Å². The molecule has 0 radical (unpaired) electrons. The van der Waals surface area contributed by atoms with Crippen molar-refractivity contribution in [2.24, 2.45) is 0 Å². The van der Waals surface area contributed by atoms with Crippen LogP contribution in [-0.2, 0) is 13.1 Å². The van der Waals surface area contributed by atoms with Gasteiger partial charge in [0.1, 0.15) is 5.76 Å². The molecule has 0 saturated carbocycles. The minimum atomic E-state index is -0.0620. The normalized spacial score (nSPS) is 10.4. The van der Waals surface area contributed by atoms with E-state index in [4.69, 9.17) is 4.42 Å². The number of furan rings is 1. The highest BCUT2D eigenvalue weighted by Gasteiger charge is 2.13. The Labute approximate surface area is 140 Å². The molecule has 0 saturated heterocycles. The second-order valence-electron chi connectivity index (χ2n) is 5.54. The molecule has 1 amide bonds. The van der Waals surface area contributed by atoms with Gasteiger partial charge in [-0.2, -0.15) is 0 Å². The van der Waals surface area contributed by atoms with Crippen LogP contribution in [0.2, 0.25) is 0 Å². The third-order valence-corrected chi connectivity index (χ3v) is 3.64. The van der Waals surface area contributed by atoms with Crippen LogP contribution in [0.15, 0.2) is 71.6 Å². The van der Waals surface area contributed by atoms with E-state index in [9.17, 15) is 4.79 Å². The van der Waals surface area contributed by atoms with Gasteiger partial charge in [0.2, 0.25) is 0 Å². The zero-order chi connectivity index (χ0) is 16.8. The van der Waals surface area contributed by atoms with Gasteiger partial charge >= 0.3 is 0 Å². The fraction of sp³-hybridized carbons (Fsp3) is 0.158. The summed E-state index contributed by atoms with van der Waals surface area (Å²) in [5.74, 6) is 0.765. The van der Waals surface area contributed by atoms with E-state index in [0.717, 1.165) is 17.0 Å². The molecular formula is C19H19N3O2. The van der Waals surface area contributed by atoms with Crippen molar-refractivity contribution in [2.75, 3.05) is 12.4 Å². The second kappa shape index (κ2) is 7.46. The first kappa shape index (κ1) is 15.8. The molecule has 0 aliphatic rings. The molecule has 0 bridgehead atoms. The summed E-state index contributed by atoms with van der Waals surface area (Å²) >= 11 is 0. The van der Waals surface area contributed by atoms with Crippen LogP contribution < -0.4 is 5.32 Å². The standard InChI is InChI=1S/C19H19N3O2/c1-22(14-15-6-3-2-4-7-15)19(23)16-10-17(12-20-11-16)21-13-18-8-5-9-24-18/h2-12,21H,13-14H2,1H3. The lowest BCUT2D eigenvalue weighted by Crippen LogP contribution is -2.26. The number of carbonyl (C=O) groups is 1. The molecule has 0 atom stereocenters. The van der Waals surface area contributed by atoms with Crippen LogP contribution in [0, 0.1) is 0 Å². The molecule has 0 fully saturated rings. The first-order chi connectivity index (χ1) is 11.7. The minimum absolute atomic E-state index is 0.0620. The lowest BCUT2D eigenvalue weighted by Gasteiger charge is -2.17. The second-order valence-corrected chi connectivity index (χ2v) is 5.54. The van der Waals surface area contributed by atoms with E-state index >= 15 is 0 Å². The highest BCUT2D eigenvalue weighted by atomic mass is 16.3. The molecule has 0 aliphatic heterocycles. The van der Waals surface area contributed by atoms with E-state index in [1.54, 1.807) is 36.7 Å². The first-order valence-corrected chi connectivity index (χ1v) is 7.73. The summed E-state index contributed by atoms with van der Waals surface area (Å²) in [5.41, 5.74) is 2.43. The van der Waals surface area contributed by atoms with Crippen LogP contribution in [0.25, 0.3) is 0 Å². The Bertz CT molecular complexity index is 785. The molecule has 5 nitrogen and oxygen atoms in total. The zero-order valence-corrected chi connectivity index (χ0v) is 13.5. The number of rotatable bonds is 6. The number of hydrogen-bond acceptors (Lipinski definition) is 4. The Morgan fingerprint density at radius 3 is 2.75 bits per heavy atom. The lowest BCUT2D eigenvalue weighted by molar-refractivity contribution is 0.0784. The Morgan fingerprint density at radius 2 is 2.00 bits per heavy atom. The van der Waals surface area contributed by atoms with Gasteiger partial charge < -0.3 is 14.6 Å².